The second-order valence-electron chi connectivity index (χ2n) is 6.18. The van der Waals surface area contributed by atoms with E-state index in [1.807, 2.05) is 27.7 Å². The van der Waals surface area contributed by atoms with Gasteiger partial charge in [0.2, 0.25) is 0 Å². The van der Waals surface area contributed by atoms with Crippen molar-refractivity contribution < 1.29 is 14.7 Å². The highest BCUT2D eigenvalue weighted by Gasteiger charge is 2.38. The molecule has 0 aliphatic heterocycles. The van der Waals surface area contributed by atoms with Crippen molar-refractivity contribution in [3.05, 3.63) is 0 Å². The molecule has 1 unspecified atom stereocenters. The number of urea groups is 1. The van der Waals surface area contributed by atoms with Crippen LogP contribution in [0.3, 0.4) is 0 Å². The largest absolute Gasteiger partial charge is 0.480 e. The molecular weight excluding hydrogens is 244 g/mol. The lowest BCUT2D eigenvalue weighted by atomic mass is 9.87. The van der Waals surface area contributed by atoms with Gasteiger partial charge in [-0.05, 0) is 25.2 Å². The summed E-state index contributed by atoms with van der Waals surface area (Å²) < 4.78 is 0. The highest BCUT2D eigenvalue weighted by atomic mass is 16.4. The number of nitrogens with one attached hydrogen (secondary N) is 1. The Labute approximate surface area is 116 Å². The Balaban J connectivity index is 4.99. The fourth-order valence-electron chi connectivity index (χ4n) is 1.83. The van der Waals surface area contributed by atoms with Gasteiger partial charge in [0.1, 0.15) is 5.54 Å². The van der Waals surface area contributed by atoms with E-state index < -0.39 is 11.5 Å². The van der Waals surface area contributed by atoms with Crippen molar-refractivity contribution in [2.45, 2.75) is 66.0 Å². The Morgan fingerprint density at radius 1 is 1.21 bits per heavy atom. The number of carbonyl (C=O) groups excluding carboxylic acids is 1. The maximum atomic E-state index is 12.2. The number of carboxylic acid groups (broad SMARTS) is 1. The summed E-state index contributed by atoms with van der Waals surface area (Å²) in [6.07, 6.45) is 0.727. The number of hydrogen-bond donors (Lipinski definition) is 2. The third kappa shape index (κ3) is 4.11. The first-order valence-electron chi connectivity index (χ1n) is 6.80. The average molecular weight is 272 g/mol. The highest BCUT2D eigenvalue weighted by Crippen LogP contribution is 2.24. The van der Waals surface area contributed by atoms with Crippen LogP contribution in [0.5, 0.6) is 0 Å². The van der Waals surface area contributed by atoms with E-state index in [0.29, 0.717) is 12.8 Å². The minimum Gasteiger partial charge on any atom is -0.480 e. The maximum Gasteiger partial charge on any atom is 0.329 e. The first-order chi connectivity index (χ1) is 8.51. The number of carbonyl (C=O) groups is 2. The van der Waals surface area contributed by atoms with Gasteiger partial charge in [-0.25, -0.2) is 9.59 Å². The molecule has 0 rings (SSSR count). The van der Waals surface area contributed by atoms with Crippen molar-refractivity contribution >= 4 is 12.0 Å². The molecule has 0 spiro atoms. The second kappa shape index (κ2) is 6.26. The van der Waals surface area contributed by atoms with Gasteiger partial charge in [0.05, 0.1) is 0 Å². The molecule has 0 aromatic carbocycles. The first kappa shape index (κ1) is 17.7. The van der Waals surface area contributed by atoms with Crippen molar-refractivity contribution in [1.29, 1.82) is 0 Å². The molecule has 2 amide bonds. The normalized spacial score (nSPS) is 13.8. The lowest BCUT2D eigenvalue weighted by molar-refractivity contribution is -0.144. The summed E-state index contributed by atoms with van der Waals surface area (Å²) in [6, 6.07) is -0.332. The van der Waals surface area contributed by atoms with Gasteiger partial charge in [-0.15, -0.1) is 0 Å². The monoisotopic (exact) mass is 272 g/mol. The van der Waals surface area contributed by atoms with E-state index in [9.17, 15) is 14.7 Å². The SMILES string of the molecule is CCC(CC)(NC(=O)N(C)C(C)C(C)(C)C)C(=O)O. The summed E-state index contributed by atoms with van der Waals surface area (Å²) in [6.45, 7) is 11.6. The molecule has 5 heteroatoms. The molecule has 1 atom stereocenters. The predicted molar refractivity (Wildman–Crippen MR) is 76.2 cm³/mol. The lowest BCUT2D eigenvalue weighted by Gasteiger charge is -2.38. The molecule has 0 heterocycles. The zero-order valence-corrected chi connectivity index (χ0v) is 13.2. The van der Waals surface area contributed by atoms with Crippen LogP contribution >= 0.6 is 0 Å². The van der Waals surface area contributed by atoms with Gasteiger partial charge < -0.3 is 15.3 Å². The molecule has 0 bridgehead atoms. The lowest BCUT2D eigenvalue weighted by Crippen LogP contribution is -2.58. The van der Waals surface area contributed by atoms with Crippen LogP contribution in [0.15, 0.2) is 0 Å². The summed E-state index contributed by atoms with van der Waals surface area (Å²) in [4.78, 5) is 25.2. The fourth-order valence-corrected chi connectivity index (χ4v) is 1.83. The van der Waals surface area contributed by atoms with E-state index in [1.54, 1.807) is 25.8 Å². The van der Waals surface area contributed by atoms with E-state index in [2.05, 4.69) is 5.32 Å². The maximum absolute atomic E-state index is 12.2. The molecule has 19 heavy (non-hydrogen) atoms. The minimum absolute atomic E-state index is 0.00714. The van der Waals surface area contributed by atoms with Gasteiger partial charge in [0, 0.05) is 13.1 Å². The fraction of sp³-hybridized carbons (Fsp3) is 0.857. The molecule has 0 radical (unpaired) electrons. The Hall–Kier alpha value is -1.26. The van der Waals surface area contributed by atoms with E-state index in [-0.39, 0.29) is 17.5 Å². The first-order valence-corrected chi connectivity index (χ1v) is 6.80. The zero-order valence-electron chi connectivity index (χ0n) is 13.2. The van der Waals surface area contributed by atoms with Crippen LogP contribution in [0.1, 0.15) is 54.4 Å². The summed E-state index contributed by atoms with van der Waals surface area (Å²) in [5.74, 6) is -0.984. The molecule has 0 saturated heterocycles. The van der Waals surface area contributed by atoms with Crippen LogP contribution < -0.4 is 5.32 Å². The molecule has 0 aromatic rings. The number of rotatable bonds is 5. The highest BCUT2D eigenvalue weighted by molar-refractivity contribution is 5.86. The molecular formula is C14H28N2O3. The van der Waals surface area contributed by atoms with E-state index in [1.165, 1.54) is 0 Å². The van der Waals surface area contributed by atoms with Gasteiger partial charge in [-0.3, -0.25) is 0 Å². The average Bonchev–Trinajstić information content (AvgIpc) is 2.32. The Morgan fingerprint density at radius 2 is 1.63 bits per heavy atom. The summed E-state index contributed by atoms with van der Waals surface area (Å²) in [5, 5.41) is 12.0. The topological polar surface area (TPSA) is 69.6 Å². The van der Waals surface area contributed by atoms with Crippen LogP contribution in [-0.2, 0) is 4.79 Å². The van der Waals surface area contributed by atoms with Crippen molar-refractivity contribution in [2.75, 3.05) is 7.05 Å². The van der Waals surface area contributed by atoms with Gasteiger partial charge in [0.15, 0.2) is 0 Å². The number of aliphatic carboxylic acids is 1. The summed E-state index contributed by atoms with van der Waals surface area (Å²) >= 11 is 0. The number of carboxylic acids is 1. The van der Waals surface area contributed by atoms with Gasteiger partial charge >= 0.3 is 12.0 Å². The van der Waals surface area contributed by atoms with Crippen molar-refractivity contribution in [3.8, 4) is 0 Å². The second-order valence-corrected chi connectivity index (χ2v) is 6.18. The van der Waals surface area contributed by atoms with Crippen LogP contribution in [0.25, 0.3) is 0 Å². The molecule has 0 aromatic heterocycles. The molecule has 2 N–H and O–H groups in total. The quantitative estimate of drug-likeness (QED) is 0.808. The number of nitrogens with zero attached hydrogens (tertiary/aromatic N) is 1. The van der Waals surface area contributed by atoms with Crippen LogP contribution in [-0.4, -0.2) is 40.6 Å². The number of amides is 2. The van der Waals surface area contributed by atoms with Crippen molar-refractivity contribution in [2.24, 2.45) is 5.41 Å². The molecule has 5 nitrogen and oxygen atoms in total. The van der Waals surface area contributed by atoms with Gasteiger partial charge in [0.25, 0.3) is 0 Å². The predicted octanol–water partition coefficient (Wildman–Crippen LogP) is 2.71. The molecule has 0 aliphatic rings. The summed E-state index contributed by atoms with van der Waals surface area (Å²) in [5.41, 5.74) is -1.24. The zero-order chi connectivity index (χ0) is 15.4. The molecule has 0 saturated carbocycles. The summed E-state index contributed by atoms with van der Waals surface area (Å²) in [7, 11) is 1.70. The third-order valence-electron chi connectivity index (χ3n) is 4.12. The van der Waals surface area contributed by atoms with Crippen LogP contribution in [0.4, 0.5) is 4.79 Å². The Bertz CT molecular complexity index is 330. The smallest absolute Gasteiger partial charge is 0.329 e. The molecule has 112 valence electrons. The van der Waals surface area contributed by atoms with Crippen molar-refractivity contribution in [3.63, 3.8) is 0 Å². The standard InChI is InChI=1S/C14H28N2O3/c1-8-14(9-2,11(17)18)15-12(19)16(7)10(3)13(4,5)6/h10H,8-9H2,1-7H3,(H,15,19)(H,17,18). The Morgan fingerprint density at radius 3 is 1.89 bits per heavy atom. The van der Waals surface area contributed by atoms with Crippen molar-refractivity contribution in [1.82, 2.24) is 10.2 Å². The van der Waals surface area contributed by atoms with Gasteiger partial charge in [-0.2, -0.15) is 0 Å². The third-order valence-corrected chi connectivity index (χ3v) is 4.12. The molecule has 0 fully saturated rings. The van der Waals surface area contributed by atoms with E-state index in [4.69, 9.17) is 0 Å². The Kier molecular flexibility index (Phi) is 5.84. The van der Waals surface area contributed by atoms with Crippen LogP contribution in [0, 0.1) is 5.41 Å². The number of hydrogen-bond acceptors (Lipinski definition) is 2. The van der Waals surface area contributed by atoms with E-state index in [0.717, 1.165) is 0 Å². The van der Waals surface area contributed by atoms with Crippen LogP contribution in [0.2, 0.25) is 0 Å². The minimum atomic E-state index is -1.18. The molecule has 0 aliphatic carbocycles. The van der Waals surface area contributed by atoms with Gasteiger partial charge in [-0.1, -0.05) is 34.6 Å². The van der Waals surface area contributed by atoms with E-state index >= 15 is 0 Å².